The van der Waals surface area contributed by atoms with Gasteiger partial charge in [0.05, 0.1) is 12.1 Å². The first-order valence-electron chi connectivity index (χ1n) is 5.25. The molecular formula is C14H10BrClO2. The van der Waals surface area contributed by atoms with Crippen molar-refractivity contribution < 1.29 is 9.53 Å². The Balaban J connectivity index is 2.32. The van der Waals surface area contributed by atoms with Crippen molar-refractivity contribution >= 4 is 33.3 Å². The van der Waals surface area contributed by atoms with E-state index in [1.165, 1.54) is 0 Å². The first-order valence-corrected chi connectivity index (χ1v) is 6.42. The molecule has 2 nitrogen and oxygen atoms in total. The number of hydrogen-bond acceptors (Lipinski definition) is 2. The quantitative estimate of drug-likeness (QED) is 0.785. The summed E-state index contributed by atoms with van der Waals surface area (Å²) in [6.45, 7) is 0. The van der Waals surface area contributed by atoms with Crippen molar-refractivity contribution in [2.45, 2.75) is 0 Å². The first kappa shape index (κ1) is 13.1. The molecule has 0 saturated carbocycles. The van der Waals surface area contributed by atoms with E-state index >= 15 is 0 Å². The molecule has 0 atom stereocenters. The third-order valence-electron chi connectivity index (χ3n) is 2.53. The fourth-order valence-electron chi connectivity index (χ4n) is 1.55. The lowest BCUT2D eigenvalue weighted by Gasteiger charge is -2.04. The highest BCUT2D eigenvalue weighted by molar-refractivity contribution is 9.10. The van der Waals surface area contributed by atoms with Crippen LogP contribution in [0.1, 0.15) is 15.9 Å². The zero-order valence-corrected chi connectivity index (χ0v) is 12.0. The van der Waals surface area contributed by atoms with Crippen LogP contribution in [-0.4, -0.2) is 12.9 Å². The fraction of sp³-hybridized carbons (Fsp3) is 0.0714. The summed E-state index contributed by atoms with van der Waals surface area (Å²) in [5, 5.41) is 0.585. The van der Waals surface area contributed by atoms with E-state index < -0.39 is 0 Å². The van der Waals surface area contributed by atoms with Crippen molar-refractivity contribution in [3.8, 4) is 5.75 Å². The summed E-state index contributed by atoms with van der Waals surface area (Å²) >= 11 is 9.20. The zero-order chi connectivity index (χ0) is 13.1. The Kier molecular flexibility index (Phi) is 4.04. The molecule has 0 aromatic heterocycles. The van der Waals surface area contributed by atoms with Gasteiger partial charge >= 0.3 is 0 Å². The van der Waals surface area contributed by atoms with Gasteiger partial charge in [0.25, 0.3) is 0 Å². The van der Waals surface area contributed by atoms with Gasteiger partial charge in [-0.05, 0) is 58.4 Å². The highest BCUT2D eigenvalue weighted by Crippen LogP contribution is 2.24. The molecule has 2 rings (SSSR count). The molecule has 0 bridgehead atoms. The smallest absolute Gasteiger partial charge is 0.193 e. The molecule has 0 spiro atoms. The Morgan fingerprint density at radius 3 is 2.28 bits per heavy atom. The van der Waals surface area contributed by atoms with Gasteiger partial charge in [-0.2, -0.15) is 0 Å². The highest BCUT2D eigenvalue weighted by atomic mass is 79.9. The Hall–Kier alpha value is -1.32. The molecule has 0 unspecified atom stereocenters. The van der Waals surface area contributed by atoms with Crippen LogP contribution in [0.2, 0.25) is 5.02 Å². The van der Waals surface area contributed by atoms with Crippen LogP contribution in [-0.2, 0) is 0 Å². The van der Waals surface area contributed by atoms with E-state index in [1.807, 2.05) is 0 Å². The van der Waals surface area contributed by atoms with Crippen molar-refractivity contribution in [2.75, 3.05) is 7.11 Å². The minimum atomic E-state index is -0.0463. The number of benzene rings is 2. The molecule has 0 amide bonds. The van der Waals surface area contributed by atoms with Gasteiger partial charge in [-0.3, -0.25) is 4.79 Å². The van der Waals surface area contributed by atoms with Crippen LogP contribution < -0.4 is 4.74 Å². The lowest BCUT2D eigenvalue weighted by Crippen LogP contribution is -2.01. The summed E-state index contributed by atoms with van der Waals surface area (Å²) in [4.78, 5) is 12.2. The first-order chi connectivity index (χ1) is 8.61. The molecule has 2 aromatic rings. The number of halogens is 2. The maximum Gasteiger partial charge on any atom is 0.193 e. The summed E-state index contributed by atoms with van der Waals surface area (Å²) in [5.41, 5.74) is 1.21. The Morgan fingerprint density at radius 1 is 1.11 bits per heavy atom. The van der Waals surface area contributed by atoms with E-state index in [0.29, 0.717) is 20.6 Å². The average Bonchev–Trinajstić information content (AvgIpc) is 2.41. The second-order valence-electron chi connectivity index (χ2n) is 3.69. The van der Waals surface area contributed by atoms with Crippen LogP contribution in [0.3, 0.4) is 0 Å². The van der Waals surface area contributed by atoms with Gasteiger partial charge in [0.15, 0.2) is 5.78 Å². The lowest BCUT2D eigenvalue weighted by atomic mass is 10.0. The molecule has 2 aromatic carbocycles. The Bertz CT molecular complexity index is 579. The monoisotopic (exact) mass is 324 g/mol. The van der Waals surface area contributed by atoms with E-state index in [0.717, 1.165) is 5.75 Å². The lowest BCUT2D eigenvalue weighted by molar-refractivity contribution is 0.103. The molecule has 0 saturated heterocycles. The summed E-state index contributed by atoms with van der Waals surface area (Å²) in [5.74, 6) is 0.679. The molecule has 4 heteroatoms. The molecule has 0 radical (unpaired) electrons. The van der Waals surface area contributed by atoms with Crippen LogP contribution in [0.15, 0.2) is 46.9 Å². The number of methoxy groups -OCH3 is 1. The number of ether oxygens (including phenoxy) is 1. The van der Waals surface area contributed by atoms with Crippen molar-refractivity contribution in [2.24, 2.45) is 0 Å². The second kappa shape index (κ2) is 5.55. The van der Waals surface area contributed by atoms with Gasteiger partial charge in [-0.15, -0.1) is 0 Å². The zero-order valence-electron chi connectivity index (χ0n) is 9.61. The van der Waals surface area contributed by atoms with Crippen molar-refractivity contribution in [1.82, 2.24) is 0 Å². The summed E-state index contributed by atoms with van der Waals surface area (Å²) in [6.07, 6.45) is 0. The number of carbonyl (C=O) groups is 1. The summed E-state index contributed by atoms with van der Waals surface area (Å²) in [7, 11) is 1.59. The van der Waals surface area contributed by atoms with E-state index in [2.05, 4.69) is 15.9 Å². The summed E-state index contributed by atoms with van der Waals surface area (Å²) < 4.78 is 5.76. The molecule has 92 valence electrons. The standard InChI is InChI=1S/C14H10BrClO2/c1-18-11-5-2-9(3-6-11)14(17)10-4-7-13(16)12(15)8-10/h2-8H,1H3. The maximum absolute atomic E-state index is 12.2. The normalized spacial score (nSPS) is 10.2. The SMILES string of the molecule is COc1ccc(C(=O)c2ccc(Cl)c(Br)c2)cc1. The Morgan fingerprint density at radius 2 is 1.72 bits per heavy atom. The maximum atomic E-state index is 12.2. The van der Waals surface area contributed by atoms with Crippen molar-refractivity contribution in [3.05, 3.63) is 63.1 Å². The summed E-state index contributed by atoms with van der Waals surface area (Å²) in [6, 6.07) is 12.1. The van der Waals surface area contributed by atoms with Gasteiger partial charge < -0.3 is 4.74 Å². The van der Waals surface area contributed by atoms with Crippen molar-refractivity contribution in [3.63, 3.8) is 0 Å². The predicted molar refractivity (Wildman–Crippen MR) is 75.6 cm³/mol. The average molecular weight is 326 g/mol. The van der Waals surface area contributed by atoms with Gasteiger partial charge in [0.1, 0.15) is 5.75 Å². The van der Waals surface area contributed by atoms with Crippen LogP contribution in [0.25, 0.3) is 0 Å². The van der Waals surface area contributed by atoms with E-state index in [1.54, 1.807) is 49.6 Å². The van der Waals surface area contributed by atoms with Gasteiger partial charge in [-0.25, -0.2) is 0 Å². The van der Waals surface area contributed by atoms with Crippen LogP contribution in [0.5, 0.6) is 5.75 Å². The Labute approximate surface area is 119 Å². The number of ketones is 1. The molecule has 0 aliphatic carbocycles. The minimum absolute atomic E-state index is 0.0463. The van der Waals surface area contributed by atoms with Crippen LogP contribution >= 0.6 is 27.5 Å². The van der Waals surface area contributed by atoms with Gasteiger partial charge in [-0.1, -0.05) is 11.6 Å². The van der Waals surface area contributed by atoms with E-state index in [9.17, 15) is 4.79 Å². The van der Waals surface area contributed by atoms with E-state index in [-0.39, 0.29) is 5.78 Å². The largest absolute Gasteiger partial charge is 0.497 e. The number of rotatable bonds is 3. The molecule has 0 aliphatic heterocycles. The topological polar surface area (TPSA) is 26.3 Å². The van der Waals surface area contributed by atoms with Crippen LogP contribution in [0, 0.1) is 0 Å². The highest BCUT2D eigenvalue weighted by Gasteiger charge is 2.10. The molecule has 0 fully saturated rings. The number of carbonyl (C=O) groups excluding carboxylic acids is 1. The minimum Gasteiger partial charge on any atom is -0.497 e. The van der Waals surface area contributed by atoms with Gasteiger partial charge in [0.2, 0.25) is 0 Å². The number of hydrogen-bond donors (Lipinski definition) is 0. The predicted octanol–water partition coefficient (Wildman–Crippen LogP) is 4.34. The van der Waals surface area contributed by atoms with Gasteiger partial charge in [0, 0.05) is 15.6 Å². The molecule has 0 N–H and O–H groups in total. The van der Waals surface area contributed by atoms with Crippen LogP contribution in [0.4, 0.5) is 0 Å². The molecule has 0 aliphatic rings. The van der Waals surface area contributed by atoms with E-state index in [4.69, 9.17) is 16.3 Å². The molecule has 0 heterocycles. The third kappa shape index (κ3) is 2.74. The third-order valence-corrected chi connectivity index (χ3v) is 3.75. The second-order valence-corrected chi connectivity index (χ2v) is 4.95. The van der Waals surface area contributed by atoms with Crippen molar-refractivity contribution in [1.29, 1.82) is 0 Å². The molecular weight excluding hydrogens is 316 g/mol. The fourth-order valence-corrected chi connectivity index (χ4v) is 2.04. The molecule has 18 heavy (non-hydrogen) atoms.